The molecule has 0 bridgehead atoms. The summed E-state index contributed by atoms with van der Waals surface area (Å²) in [4.78, 5) is 12.0. The van der Waals surface area contributed by atoms with Crippen LogP contribution in [-0.4, -0.2) is 24.9 Å². The lowest BCUT2D eigenvalue weighted by molar-refractivity contribution is -0.158. The molecule has 3 nitrogen and oxygen atoms in total. The van der Waals surface area contributed by atoms with Crippen LogP contribution < -0.4 is 4.74 Å². The van der Waals surface area contributed by atoms with Crippen molar-refractivity contribution in [3.8, 4) is 16.9 Å². The molecule has 0 aliphatic heterocycles. The molecule has 3 rings (SSSR count). The summed E-state index contributed by atoms with van der Waals surface area (Å²) in [5.74, 6) is -2.71. The van der Waals surface area contributed by atoms with Crippen LogP contribution in [0, 0.1) is 17.6 Å². The molecule has 1 fully saturated rings. The number of carbonyl (C=O) groups is 1. The third kappa shape index (κ3) is 7.99. The van der Waals surface area contributed by atoms with Crippen molar-refractivity contribution in [2.24, 2.45) is 5.92 Å². The fraction of sp³-hybridized carbons (Fsp3) is 0.581. The molecule has 204 valence electrons. The number of alkyl halides is 1. The summed E-state index contributed by atoms with van der Waals surface area (Å²) < 4.78 is 54.5. The first kappa shape index (κ1) is 29.1. The Labute approximate surface area is 219 Å². The Bertz CT molecular complexity index is 984. The van der Waals surface area contributed by atoms with Crippen molar-refractivity contribution >= 4 is 5.97 Å². The van der Waals surface area contributed by atoms with E-state index >= 15 is 0 Å². The van der Waals surface area contributed by atoms with E-state index in [2.05, 4.69) is 6.92 Å². The smallest absolute Gasteiger partial charge is 0.341 e. The summed E-state index contributed by atoms with van der Waals surface area (Å²) >= 11 is 0. The summed E-state index contributed by atoms with van der Waals surface area (Å²) in [6.45, 7) is 6.09. The van der Waals surface area contributed by atoms with Gasteiger partial charge in [-0.05, 0) is 67.2 Å². The number of rotatable bonds is 13. The van der Waals surface area contributed by atoms with Crippen LogP contribution in [0.3, 0.4) is 0 Å². The number of halogens is 3. The number of hydrogen-bond acceptors (Lipinski definition) is 3. The van der Waals surface area contributed by atoms with Crippen LogP contribution in [0.25, 0.3) is 11.1 Å². The fourth-order valence-electron chi connectivity index (χ4n) is 4.87. The van der Waals surface area contributed by atoms with Crippen LogP contribution in [0.4, 0.5) is 13.2 Å². The molecule has 37 heavy (non-hydrogen) atoms. The molecule has 0 heterocycles. The maximum Gasteiger partial charge on any atom is 0.341 e. The number of ether oxygens (including phenoxy) is 2. The molecular formula is C31H41F3O3. The summed E-state index contributed by atoms with van der Waals surface area (Å²) in [6, 6.07) is 10.6. The molecule has 0 saturated heterocycles. The molecule has 2 aromatic carbocycles. The van der Waals surface area contributed by atoms with Crippen molar-refractivity contribution in [3.63, 3.8) is 0 Å². The summed E-state index contributed by atoms with van der Waals surface area (Å²) in [7, 11) is 0. The van der Waals surface area contributed by atoms with E-state index < -0.39 is 23.8 Å². The van der Waals surface area contributed by atoms with Gasteiger partial charge < -0.3 is 9.47 Å². The van der Waals surface area contributed by atoms with Gasteiger partial charge in [0, 0.05) is 5.56 Å². The van der Waals surface area contributed by atoms with Crippen molar-refractivity contribution < 1.29 is 27.4 Å². The lowest BCUT2D eigenvalue weighted by Gasteiger charge is -2.29. The Morgan fingerprint density at radius 2 is 1.59 bits per heavy atom. The third-order valence-electron chi connectivity index (χ3n) is 7.57. The Balaban J connectivity index is 1.53. The molecule has 0 unspecified atom stereocenters. The molecule has 1 aliphatic rings. The van der Waals surface area contributed by atoms with E-state index in [1.165, 1.54) is 12.5 Å². The highest BCUT2D eigenvalue weighted by Gasteiger charge is 2.30. The first-order valence-electron chi connectivity index (χ1n) is 13.9. The van der Waals surface area contributed by atoms with Crippen LogP contribution in [-0.2, 0) is 9.53 Å². The highest BCUT2D eigenvalue weighted by atomic mass is 19.2. The van der Waals surface area contributed by atoms with E-state index in [4.69, 9.17) is 9.47 Å². The van der Waals surface area contributed by atoms with E-state index in [0.717, 1.165) is 44.1 Å². The summed E-state index contributed by atoms with van der Waals surface area (Å²) in [5, 5.41) is 0. The second-order valence-corrected chi connectivity index (χ2v) is 10.3. The van der Waals surface area contributed by atoms with Crippen LogP contribution in [0.15, 0.2) is 36.4 Å². The highest BCUT2D eigenvalue weighted by molar-refractivity contribution is 5.75. The first-order chi connectivity index (χ1) is 17.8. The zero-order chi connectivity index (χ0) is 26.8. The molecule has 2 atom stereocenters. The van der Waals surface area contributed by atoms with E-state index in [0.29, 0.717) is 31.4 Å². The van der Waals surface area contributed by atoms with Gasteiger partial charge in [0.05, 0.1) is 6.61 Å². The van der Waals surface area contributed by atoms with Gasteiger partial charge in [0.25, 0.3) is 0 Å². The van der Waals surface area contributed by atoms with Gasteiger partial charge in [-0.3, -0.25) is 0 Å². The van der Waals surface area contributed by atoms with Gasteiger partial charge in [-0.15, -0.1) is 0 Å². The maximum absolute atomic E-state index is 14.8. The molecule has 0 amide bonds. The zero-order valence-corrected chi connectivity index (χ0v) is 22.4. The number of unbranched alkanes of at least 4 members (excludes halogenated alkanes) is 4. The van der Waals surface area contributed by atoms with Crippen LogP contribution in [0.2, 0.25) is 0 Å². The van der Waals surface area contributed by atoms with Gasteiger partial charge in [0.15, 0.2) is 17.7 Å². The molecule has 0 spiro atoms. The van der Waals surface area contributed by atoms with Gasteiger partial charge in [0.2, 0.25) is 5.82 Å². The molecule has 0 radical (unpaired) electrons. The molecule has 0 N–H and O–H groups in total. The van der Waals surface area contributed by atoms with E-state index in [1.54, 1.807) is 13.0 Å². The van der Waals surface area contributed by atoms with Crippen molar-refractivity contribution in [1.82, 2.24) is 0 Å². The minimum Gasteiger partial charge on any atom is -0.490 e. The van der Waals surface area contributed by atoms with Gasteiger partial charge in [-0.25, -0.2) is 13.6 Å². The topological polar surface area (TPSA) is 35.5 Å². The predicted octanol–water partition coefficient (Wildman–Crippen LogP) is 8.93. The summed E-state index contributed by atoms with van der Waals surface area (Å²) in [6.07, 6.45) is 7.08. The molecule has 1 aliphatic carbocycles. The second kappa shape index (κ2) is 14.4. The monoisotopic (exact) mass is 518 g/mol. The Hall–Kier alpha value is -2.50. The standard InChI is InChI=1S/C31H41F3O3/c1-4-6-7-8-9-20-36-27-19-18-26(29(33)30(27)34)24-12-10-22(11-13-24)23-14-16-25(17-15-23)37-31(35)28(32)21(3)5-2/h10-13,18-19,21,23,25,28H,4-9,14-17,20H2,1-3H3/t21-,23-,25-,28-/m0/s1. The molecular weight excluding hydrogens is 477 g/mol. The van der Waals surface area contributed by atoms with Crippen molar-refractivity contribution in [1.29, 1.82) is 0 Å². The average molecular weight is 519 g/mol. The lowest BCUT2D eigenvalue weighted by atomic mass is 9.82. The van der Waals surface area contributed by atoms with Crippen molar-refractivity contribution in [2.75, 3.05) is 6.61 Å². The number of esters is 1. The van der Waals surface area contributed by atoms with Gasteiger partial charge in [0.1, 0.15) is 6.10 Å². The van der Waals surface area contributed by atoms with Crippen LogP contribution in [0.1, 0.15) is 96.5 Å². The number of benzene rings is 2. The van der Waals surface area contributed by atoms with Crippen molar-refractivity contribution in [2.45, 2.75) is 103 Å². The van der Waals surface area contributed by atoms with Crippen molar-refractivity contribution in [3.05, 3.63) is 53.6 Å². The molecule has 2 aromatic rings. The Morgan fingerprint density at radius 3 is 2.24 bits per heavy atom. The van der Waals surface area contributed by atoms with Gasteiger partial charge >= 0.3 is 5.97 Å². The quantitative estimate of drug-likeness (QED) is 0.196. The third-order valence-corrected chi connectivity index (χ3v) is 7.57. The largest absolute Gasteiger partial charge is 0.490 e. The summed E-state index contributed by atoms with van der Waals surface area (Å²) in [5.41, 5.74) is 1.92. The average Bonchev–Trinajstić information content (AvgIpc) is 2.92. The number of carbonyl (C=O) groups excluding carboxylic acids is 1. The van der Waals surface area contributed by atoms with E-state index in [-0.39, 0.29) is 29.3 Å². The van der Waals surface area contributed by atoms with Gasteiger partial charge in [-0.1, -0.05) is 77.1 Å². The highest BCUT2D eigenvalue weighted by Crippen LogP contribution is 2.36. The lowest BCUT2D eigenvalue weighted by Crippen LogP contribution is -2.31. The minimum atomic E-state index is -1.57. The molecule has 0 aromatic heterocycles. The zero-order valence-electron chi connectivity index (χ0n) is 22.4. The molecule has 1 saturated carbocycles. The van der Waals surface area contributed by atoms with Crippen LogP contribution in [0.5, 0.6) is 5.75 Å². The van der Waals surface area contributed by atoms with E-state index in [9.17, 15) is 18.0 Å². The minimum absolute atomic E-state index is 0.0472. The molecule has 6 heteroatoms. The van der Waals surface area contributed by atoms with Gasteiger partial charge in [-0.2, -0.15) is 4.39 Å². The fourth-order valence-corrected chi connectivity index (χ4v) is 4.87. The first-order valence-corrected chi connectivity index (χ1v) is 13.9. The Morgan fingerprint density at radius 1 is 0.919 bits per heavy atom. The van der Waals surface area contributed by atoms with E-state index in [1.807, 2.05) is 31.2 Å². The SMILES string of the molecule is CCCCCCCOc1ccc(-c2ccc([C@H]3CC[C@H](OC(=O)[C@@H](F)[C@@H](C)CC)CC3)cc2)c(F)c1F. The van der Waals surface area contributed by atoms with Crippen LogP contribution >= 0.6 is 0 Å². The Kier molecular flexibility index (Phi) is 11.3. The second-order valence-electron chi connectivity index (χ2n) is 10.3. The maximum atomic E-state index is 14.8. The predicted molar refractivity (Wildman–Crippen MR) is 141 cm³/mol. The normalized spacial score (nSPS) is 19.3. The number of hydrogen-bond donors (Lipinski definition) is 0.